The number of hydrogen-bond acceptors (Lipinski definition) is 7. The number of nitrogens with zero attached hydrogens (tertiary/aromatic N) is 5. The van der Waals surface area contributed by atoms with Gasteiger partial charge in [0.25, 0.3) is 0 Å². The Hall–Kier alpha value is -1.90. The van der Waals surface area contributed by atoms with E-state index in [1.54, 1.807) is 24.0 Å². The monoisotopic (exact) mass is 276 g/mol. The van der Waals surface area contributed by atoms with Gasteiger partial charge in [-0.05, 0) is 12.1 Å². The molecule has 0 aliphatic heterocycles. The Morgan fingerprint density at radius 1 is 1.47 bits per heavy atom. The lowest BCUT2D eigenvalue weighted by Crippen LogP contribution is -2.16. The number of aromatic nitrogens is 5. The number of fused-ring (bicyclic) bond motifs is 1. The van der Waals surface area contributed by atoms with E-state index >= 15 is 0 Å². The predicted molar refractivity (Wildman–Crippen MR) is 70.7 cm³/mol. The second kappa shape index (κ2) is 5.00. The van der Waals surface area contributed by atoms with Crippen LogP contribution in [-0.4, -0.2) is 38.5 Å². The second-order valence-electron chi connectivity index (χ2n) is 3.96. The van der Waals surface area contributed by atoms with Crippen LogP contribution in [0, 0.1) is 0 Å². The van der Waals surface area contributed by atoms with Crippen molar-refractivity contribution in [3.05, 3.63) is 29.5 Å². The second-order valence-corrected chi connectivity index (χ2v) is 4.95. The summed E-state index contributed by atoms with van der Waals surface area (Å²) in [4.78, 5) is 4.78. The Morgan fingerprint density at radius 3 is 3.11 bits per heavy atom. The van der Waals surface area contributed by atoms with E-state index in [0.717, 1.165) is 10.6 Å². The van der Waals surface area contributed by atoms with E-state index in [-0.39, 0.29) is 6.04 Å². The first-order valence-corrected chi connectivity index (χ1v) is 6.48. The molecule has 0 saturated heterocycles. The van der Waals surface area contributed by atoms with Gasteiger partial charge in [-0.3, -0.25) is 4.98 Å². The summed E-state index contributed by atoms with van der Waals surface area (Å²) in [6.07, 6.45) is 3.44. The largest absolute Gasteiger partial charge is 0.383 e. The van der Waals surface area contributed by atoms with Crippen LogP contribution in [-0.2, 0) is 4.74 Å². The normalized spacial score (nSPS) is 12.9. The Labute approximate surface area is 113 Å². The highest BCUT2D eigenvalue weighted by Crippen LogP contribution is 2.23. The molecule has 3 aromatic heterocycles. The van der Waals surface area contributed by atoms with E-state index in [0.29, 0.717) is 17.4 Å². The van der Waals surface area contributed by atoms with Crippen LogP contribution in [0.25, 0.3) is 16.3 Å². The fraction of sp³-hybridized carbons (Fsp3) is 0.273. The minimum Gasteiger partial charge on any atom is -0.383 e. The zero-order chi connectivity index (χ0) is 13.2. The molecule has 0 amide bonds. The van der Waals surface area contributed by atoms with Crippen molar-refractivity contribution in [3.63, 3.8) is 0 Å². The van der Waals surface area contributed by atoms with Gasteiger partial charge in [-0.25, -0.2) is 0 Å². The maximum Gasteiger partial charge on any atom is 0.235 e. The Balaban J connectivity index is 2.03. The van der Waals surface area contributed by atoms with Gasteiger partial charge in [-0.2, -0.15) is 9.61 Å². The molecule has 0 bridgehead atoms. The third kappa shape index (κ3) is 2.21. The molecule has 8 heteroatoms. The van der Waals surface area contributed by atoms with E-state index in [1.807, 2.05) is 12.1 Å². The maximum absolute atomic E-state index is 5.97. The highest BCUT2D eigenvalue weighted by atomic mass is 32.1. The summed E-state index contributed by atoms with van der Waals surface area (Å²) in [5, 5.41) is 13.4. The summed E-state index contributed by atoms with van der Waals surface area (Å²) < 4.78 is 6.72. The van der Waals surface area contributed by atoms with Gasteiger partial charge >= 0.3 is 0 Å². The van der Waals surface area contributed by atoms with Crippen LogP contribution >= 0.6 is 11.3 Å². The lowest BCUT2D eigenvalue weighted by atomic mass is 10.3. The number of nitrogens with two attached hydrogens (primary N) is 1. The quantitative estimate of drug-likeness (QED) is 0.761. The number of rotatable bonds is 4. The summed E-state index contributed by atoms with van der Waals surface area (Å²) in [5.74, 6) is 0.662. The van der Waals surface area contributed by atoms with Crippen LogP contribution in [0.1, 0.15) is 11.0 Å². The molecule has 3 heterocycles. The van der Waals surface area contributed by atoms with Gasteiger partial charge in [0.1, 0.15) is 5.01 Å². The molecule has 7 nitrogen and oxygen atoms in total. The average Bonchev–Trinajstić information content (AvgIpc) is 2.99. The molecule has 0 spiro atoms. The number of hydrogen-bond donors (Lipinski definition) is 1. The molecule has 1 atom stereocenters. The molecule has 1 unspecified atom stereocenters. The Bertz CT molecular complexity index is 679. The van der Waals surface area contributed by atoms with Crippen molar-refractivity contribution in [2.45, 2.75) is 6.04 Å². The molecule has 0 fully saturated rings. The first kappa shape index (κ1) is 12.2. The molecule has 0 saturated carbocycles. The molecule has 2 N–H and O–H groups in total. The number of methoxy groups -OCH3 is 1. The minimum absolute atomic E-state index is 0.251. The molecule has 0 aliphatic carbocycles. The molecule has 3 rings (SSSR count). The zero-order valence-electron chi connectivity index (χ0n) is 10.2. The van der Waals surface area contributed by atoms with Crippen molar-refractivity contribution in [3.8, 4) is 11.4 Å². The van der Waals surface area contributed by atoms with E-state index < -0.39 is 0 Å². The van der Waals surface area contributed by atoms with Crippen molar-refractivity contribution in [2.24, 2.45) is 5.73 Å². The Morgan fingerprint density at radius 2 is 2.37 bits per heavy atom. The van der Waals surface area contributed by atoms with Crippen LogP contribution in [0.3, 0.4) is 0 Å². The van der Waals surface area contributed by atoms with Crippen molar-refractivity contribution in [1.82, 2.24) is 24.8 Å². The van der Waals surface area contributed by atoms with Gasteiger partial charge in [0.05, 0.1) is 12.6 Å². The minimum atomic E-state index is -0.251. The van der Waals surface area contributed by atoms with E-state index in [4.69, 9.17) is 10.5 Å². The summed E-state index contributed by atoms with van der Waals surface area (Å²) in [7, 11) is 1.61. The molecule has 98 valence electrons. The molecule has 19 heavy (non-hydrogen) atoms. The topological polar surface area (TPSA) is 91.2 Å². The molecule has 0 radical (unpaired) electrons. The number of pyridine rings is 1. The molecule has 3 aromatic rings. The van der Waals surface area contributed by atoms with Crippen LogP contribution in [0.5, 0.6) is 0 Å². The average molecular weight is 276 g/mol. The summed E-state index contributed by atoms with van der Waals surface area (Å²) in [5.41, 5.74) is 6.83. The van der Waals surface area contributed by atoms with E-state index in [1.165, 1.54) is 11.3 Å². The SMILES string of the molecule is COCC(N)c1nn2c(-c3cccnc3)nnc2s1. The van der Waals surface area contributed by atoms with Gasteiger partial charge in [0, 0.05) is 25.1 Å². The van der Waals surface area contributed by atoms with Crippen molar-refractivity contribution in [1.29, 1.82) is 0 Å². The van der Waals surface area contributed by atoms with Crippen molar-refractivity contribution >= 4 is 16.3 Å². The van der Waals surface area contributed by atoms with Crippen LogP contribution in [0.2, 0.25) is 0 Å². The fourth-order valence-electron chi connectivity index (χ4n) is 1.71. The van der Waals surface area contributed by atoms with Gasteiger partial charge < -0.3 is 10.5 Å². The summed E-state index contributed by atoms with van der Waals surface area (Å²) in [6, 6.07) is 3.51. The van der Waals surface area contributed by atoms with Gasteiger partial charge in [-0.15, -0.1) is 10.2 Å². The van der Waals surface area contributed by atoms with Crippen molar-refractivity contribution < 1.29 is 4.74 Å². The first-order valence-electron chi connectivity index (χ1n) is 5.66. The fourth-order valence-corrected chi connectivity index (χ4v) is 2.53. The lowest BCUT2D eigenvalue weighted by molar-refractivity contribution is 0.180. The highest BCUT2D eigenvalue weighted by Gasteiger charge is 2.17. The molecular formula is C11H12N6OS. The third-order valence-corrected chi connectivity index (χ3v) is 3.62. The smallest absolute Gasteiger partial charge is 0.235 e. The highest BCUT2D eigenvalue weighted by molar-refractivity contribution is 7.16. The van der Waals surface area contributed by atoms with Gasteiger partial charge in [-0.1, -0.05) is 11.3 Å². The van der Waals surface area contributed by atoms with E-state index in [9.17, 15) is 0 Å². The van der Waals surface area contributed by atoms with Crippen molar-refractivity contribution in [2.75, 3.05) is 13.7 Å². The standard InChI is InChI=1S/C11H12N6OS/c1-18-6-8(12)10-16-17-9(14-15-11(17)19-10)7-3-2-4-13-5-7/h2-5,8H,6,12H2,1H3. The maximum atomic E-state index is 5.97. The van der Waals surface area contributed by atoms with Crippen LogP contribution in [0.15, 0.2) is 24.5 Å². The van der Waals surface area contributed by atoms with Gasteiger partial charge in [0.2, 0.25) is 4.96 Å². The van der Waals surface area contributed by atoms with E-state index in [2.05, 4.69) is 20.3 Å². The lowest BCUT2D eigenvalue weighted by Gasteiger charge is -2.04. The summed E-state index contributed by atoms with van der Waals surface area (Å²) >= 11 is 1.41. The third-order valence-electron chi connectivity index (χ3n) is 2.59. The molecule has 0 aromatic carbocycles. The first-order chi connectivity index (χ1) is 9.29. The zero-order valence-corrected chi connectivity index (χ0v) is 11.0. The van der Waals surface area contributed by atoms with Crippen LogP contribution < -0.4 is 5.73 Å². The molecule has 0 aliphatic rings. The van der Waals surface area contributed by atoms with Gasteiger partial charge in [0.15, 0.2) is 5.82 Å². The predicted octanol–water partition coefficient (Wildman–Crippen LogP) is 0.894. The van der Waals surface area contributed by atoms with Crippen LogP contribution in [0.4, 0.5) is 0 Å². The summed E-state index contributed by atoms with van der Waals surface area (Å²) in [6.45, 7) is 0.423. The number of ether oxygens (including phenoxy) is 1. The Kier molecular flexibility index (Phi) is 3.20. The molecular weight excluding hydrogens is 264 g/mol.